The Hall–Kier alpha value is -1.21. The van der Waals surface area contributed by atoms with Gasteiger partial charge in [-0.3, -0.25) is 9.69 Å². The van der Waals surface area contributed by atoms with Gasteiger partial charge in [-0.1, -0.05) is 11.3 Å². The second kappa shape index (κ2) is 5.76. The molecule has 0 saturated carbocycles. The van der Waals surface area contributed by atoms with Crippen LogP contribution in [0.15, 0.2) is 0 Å². The van der Waals surface area contributed by atoms with Gasteiger partial charge in [-0.2, -0.15) is 0 Å². The number of carbonyl (C=O) groups excluding carboxylic acids is 1. The molecule has 0 aliphatic rings. The van der Waals surface area contributed by atoms with Gasteiger partial charge in [0, 0.05) is 13.0 Å². The standard InChI is InChI=1S/C9H17N5OS/c1-6(14(2)3)8(15)11-5-4-7-12-13-9(10)16-7/h6H,4-5H2,1-3H3,(H2,10,13)(H,11,15). The minimum atomic E-state index is -0.125. The minimum absolute atomic E-state index is 0.0162. The number of anilines is 1. The maximum atomic E-state index is 11.6. The highest BCUT2D eigenvalue weighted by Gasteiger charge is 2.14. The summed E-state index contributed by atoms with van der Waals surface area (Å²) in [5, 5.41) is 11.7. The van der Waals surface area contributed by atoms with Crippen molar-refractivity contribution >= 4 is 22.4 Å². The van der Waals surface area contributed by atoms with E-state index in [2.05, 4.69) is 15.5 Å². The number of aromatic nitrogens is 2. The molecule has 1 aromatic heterocycles. The maximum absolute atomic E-state index is 11.6. The number of amides is 1. The minimum Gasteiger partial charge on any atom is -0.374 e. The third-order valence-corrected chi connectivity index (χ3v) is 3.09. The van der Waals surface area contributed by atoms with Crippen molar-refractivity contribution in [1.82, 2.24) is 20.4 Å². The van der Waals surface area contributed by atoms with Crippen molar-refractivity contribution in [1.29, 1.82) is 0 Å². The average Bonchev–Trinajstić information content (AvgIpc) is 2.62. The topological polar surface area (TPSA) is 84.1 Å². The van der Waals surface area contributed by atoms with Crippen LogP contribution in [-0.2, 0) is 11.2 Å². The monoisotopic (exact) mass is 243 g/mol. The first kappa shape index (κ1) is 12.9. The highest BCUT2D eigenvalue weighted by Crippen LogP contribution is 2.10. The lowest BCUT2D eigenvalue weighted by molar-refractivity contribution is -0.124. The number of nitrogens with zero attached hydrogens (tertiary/aromatic N) is 3. The van der Waals surface area contributed by atoms with Gasteiger partial charge in [0.1, 0.15) is 5.01 Å². The molecular weight excluding hydrogens is 226 g/mol. The fourth-order valence-corrected chi connectivity index (χ4v) is 1.65. The summed E-state index contributed by atoms with van der Waals surface area (Å²) in [5.74, 6) is 0.0162. The van der Waals surface area contributed by atoms with Crippen molar-refractivity contribution in [2.75, 3.05) is 26.4 Å². The first-order chi connectivity index (χ1) is 7.50. The van der Waals surface area contributed by atoms with Crippen molar-refractivity contribution in [3.63, 3.8) is 0 Å². The average molecular weight is 243 g/mol. The zero-order chi connectivity index (χ0) is 12.1. The molecule has 0 aliphatic carbocycles. The Bertz CT molecular complexity index is 351. The van der Waals surface area contributed by atoms with Crippen molar-refractivity contribution in [3.8, 4) is 0 Å². The van der Waals surface area contributed by atoms with Gasteiger partial charge in [0.25, 0.3) is 0 Å². The van der Waals surface area contributed by atoms with E-state index in [1.54, 1.807) is 0 Å². The van der Waals surface area contributed by atoms with Gasteiger partial charge in [-0.15, -0.1) is 10.2 Å². The number of carbonyl (C=O) groups is 1. The molecule has 1 unspecified atom stereocenters. The number of nitrogens with two attached hydrogens (primary N) is 1. The van der Waals surface area contributed by atoms with E-state index in [4.69, 9.17) is 5.73 Å². The van der Waals surface area contributed by atoms with E-state index in [1.807, 2.05) is 25.9 Å². The van der Waals surface area contributed by atoms with Gasteiger partial charge >= 0.3 is 0 Å². The molecule has 90 valence electrons. The van der Waals surface area contributed by atoms with Gasteiger partial charge in [-0.05, 0) is 21.0 Å². The van der Waals surface area contributed by atoms with E-state index in [-0.39, 0.29) is 11.9 Å². The molecule has 0 saturated heterocycles. The quantitative estimate of drug-likeness (QED) is 0.743. The molecular formula is C9H17N5OS. The molecule has 0 bridgehead atoms. The molecule has 16 heavy (non-hydrogen) atoms. The summed E-state index contributed by atoms with van der Waals surface area (Å²) in [7, 11) is 3.74. The van der Waals surface area contributed by atoms with Crippen molar-refractivity contribution in [2.24, 2.45) is 0 Å². The fraction of sp³-hybridized carbons (Fsp3) is 0.667. The SMILES string of the molecule is CC(C(=O)NCCc1nnc(N)s1)N(C)C. The van der Waals surface area contributed by atoms with E-state index < -0.39 is 0 Å². The Balaban J connectivity index is 2.28. The first-order valence-electron chi connectivity index (χ1n) is 5.02. The van der Waals surface area contributed by atoms with Crippen LogP contribution in [0.1, 0.15) is 11.9 Å². The predicted octanol–water partition coefficient (Wildman–Crippen LogP) is -0.271. The number of hydrogen-bond donors (Lipinski definition) is 2. The van der Waals surface area contributed by atoms with Crippen LogP contribution in [0.25, 0.3) is 0 Å². The summed E-state index contributed by atoms with van der Waals surface area (Å²) in [6.45, 7) is 2.42. The number of hydrogen-bond acceptors (Lipinski definition) is 6. The van der Waals surface area contributed by atoms with Crippen molar-refractivity contribution in [3.05, 3.63) is 5.01 Å². The van der Waals surface area contributed by atoms with Crippen LogP contribution in [0, 0.1) is 0 Å². The zero-order valence-corrected chi connectivity index (χ0v) is 10.5. The van der Waals surface area contributed by atoms with E-state index in [0.29, 0.717) is 18.1 Å². The highest BCUT2D eigenvalue weighted by atomic mass is 32.1. The first-order valence-corrected chi connectivity index (χ1v) is 5.84. The molecule has 0 spiro atoms. The van der Waals surface area contributed by atoms with Crippen LogP contribution in [0.2, 0.25) is 0 Å². The number of nitrogens with one attached hydrogen (secondary N) is 1. The molecule has 0 fully saturated rings. The van der Waals surface area contributed by atoms with Crippen LogP contribution in [-0.4, -0.2) is 47.7 Å². The third kappa shape index (κ3) is 3.74. The number of likely N-dealkylation sites (N-methyl/N-ethyl adjacent to an activating group) is 1. The Morgan fingerprint density at radius 1 is 1.56 bits per heavy atom. The second-order valence-electron chi connectivity index (χ2n) is 3.71. The van der Waals surface area contributed by atoms with Crippen LogP contribution >= 0.6 is 11.3 Å². The third-order valence-electron chi connectivity index (χ3n) is 2.27. The van der Waals surface area contributed by atoms with E-state index in [1.165, 1.54) is 11.3 Å². The second-order valence-corrected chi connectivity index (χ2v) is 4.81. The molecule has 1 aromatic rings. The Morgan fingerprint density at radius 3 is 2.75 bits per heavy atom. The smallest absolute Gasteiger partial charge is 0.237 e. The molecule has 0 aromatic carbocycles. The van der Waals surface area contributed by atoms with Gasteiger partial charge in [0.2, 0.25) is 11.0 Å². The summed E-state index contributed by atoms with van der Waals surface area (Å²) in [6, 6.07) is -0.125. The molecule has 1 heterocycles. The molecule has 1 rings (SSSR count). The lowest BCUT2D eigenvalue weighted by Crippen LogP contribution is -2.42. The van der Waals surface area contributed by atoms with Gasteiger partial charge in [0.15, 0.2) is 0 Å². The van der Waals surface area contributed by atoms with Crippen molar-refractivity contribution < 1.29 is 4.79 Å². The molecule has 1 atom stereocenters. The summed E-state index contributed by atoms with van der Waals surface area (Å²) in [5.41, 5.74) is 5.45. The molecule has 3 N–H and O–H groups in total. The van der Waals surface area contributed by atoms with Gasteiger partial charge in [0.05, 0.1) is 6.04 Å². The Morgan fingerprint density at radius 2 is 2.25 bits per heavy atom. The number of nitrogen functional groups attached to an aromatic ring is 1. The normalized spacial score (nSPS) is 12.8. The lowest BCUT2D eigenvalue weighted by atomic mass is 10.3. The summed E-state index contributed by atoms with van der Waals surface area (Å²) >= 11 is 1.35. The lowest BCUT2D eigenvalue weighted by Gasteiger charge is -2.18. The maximum Gasteiger partial charge on any atom is 0.237 e. The van der Waals surface area contributed by atoms with Crippen LogP contribution in [0.3, 0.4) is 0 Å². The van der Waals surface area contributed by atoms with Crippen LogP contribution in [0.4, 0.5) is 5.13 Å². The summed E-state index contributed by atoms with van der Waals surface area (Å²) in [4.78, 5) is 13.4. The van der Waals surface area contributed by atoms with Crippen LogP contribution < -0.4 is 11.1 Å². The summed E-state index contributed by atoms with van der Waals surface area (Å²) < 4.78 is 0. The molecule has 0 radical (unpaired) electrons. The Kier molecular flexibility index (Phi) is 4.63. The molecule has 7 heteroatoms. The molecule has 1 amide bonds. The van der Waals surface area contributed by atoms with Gasteiger partial charge in [-0.25, -0.2) is 0 Å². The fourth-order valence-electron chi connectivity index (χ4n) is 1.04. The van der Waals surface area contributed by atoms with Gasteiger partial charge < -0.3 is 11.1 Å². The number of rotatable bonds is 5. The van der Waals surface area contributed by atoms with E-state index in [0.717, 1.165) is 5.01 Å². The highest BCUT2D eigenvalue weighted by molar-refractivity contribution is 7.15. The van der Waals surface area contributed by atoms with E-state index in [9.17, 15) is 4.79 Å². The molecule has 6 nitrogen and oxygen atoms in total. The van der Waals surface area contributed by atoms with E-state index >= 15 is 0 Å². The predicted molar refractivity (Wildman–Crippen MR) is 64.2 cm³/mol. The largest absolute Gasteiger partial charge is 0.374 e. The Labute approximate surface area is 98.8 Å². The zero-order valence-electron chi connectivity index (χ0n) is 9.73. The van der Waals surface area contributed by atoms with Crippen molar-refractivity contribution in [2.45, 2.75) is 19.4 Å². The molecule has 0 aliphatic heterocycles. The van der Waals surface area contributed by atoms with Crippen LogP contribution in [0.5, 0.6) is 0 Å². The summed E-state index contributed by atoms with van der Waals surface area (Å²) in [6.07, 6.45) is 0.667.